The van der Waals surface area contributed by atoms with Crippen LogP contribution in [0.25, 0.3) is 0 Å². The Kier molecular flexibility index (Phi) is 8.67. The first kappa shape index (κ1) is 25.3. The number of aryl methyl sites for hydroxylation is 2. The summed E-state index contributed by atoms with van der Waals surface area (Å²) in [6, 6.07) is 15.5. The highest BCUT2D eigenvalue weighted by molar-refractivity contribution is 9.10. The van der Waals surface area contributed by atoms with E-state index in [9.17, 15) is 9.59 Å². The molecule has 1 amide bonds. The number of hydrazone groups is 1. The number of rotatable bonds is 8. The van der Waals surface area contributed by atoms with Crippen LogP contribution in [0.2, 0.25) is 5.02 Å². The summed E-state index contributed by atoms with van der Waals surface area (Å²) >= 11 is 9.38. The lowest BCUT2D eigenvalue weighted by Crippen LogP contribution is -2.24. The Hall–Kier alpha value is -3.36. The van der Waals surface area contributed by atoms with Crippen molar-refractivity contribution in [1.82, 2.24) is 5.43 Å². The predicted molar refractivity (Wildman–Crippen MR) is 134 cm³/mol. The van der Waals surface area contributed by atoms with E-state index in [1.54, 1.807) is 42.5 Å². The Balaban J connectivity index is 1.61. The molecule has 176 valence electrons. The highest BCUT2D eigenvalue weighted by Crippen LogP contribution is 2.36. The Morgan fingerprint density at radius 2 is 1.82 bits per heavy atom. The summed E-state index contributed by atoms with van der Waals surface area (Å²) in [5, 5.41) is 4.56. The standard InChI is InChI=1S/C25H22BrClN2O5/c1-15-4-6-18(7-5-15)25(31)34-24-20(26)11-17(12-22(24)32-3)13-28-29-23(30)14-33-19-8-9-21(27)16(2)10-19/h4-13H,14H2,1-3H3,(H,29,30)/b28-13+. The van der Waals surface area contributed by atoms with Crippen LogP contribution in [0.4, 0.5) is 0 Å². The van der Waals surface area contributed by atoms with Crippen molar-refractivity contribution in [3.05, 3.63) is 86.3 Å². The summed E-state index contributed by atoms with van der Waals surface area (Å²) < 4.78 is 16.8. The molecular formula is C25H22BrClN2O5. The molecule has 0 unspecified atom stereocenters. The first-order chi connectivity index (χ1) is 16.3. The summed E-state index contributed by atoms with van der Waals surface area (Å²) in [5.41, 5.74) is 5.31. The smallest absolute Gasteiger partial charge is 0.343 e. The molecular weight excluding hydrogens is 524 g/mol. The zero-order valence-corrected chi connectivity index (χ0v) is 21.1. The minimum Gasteiger partial charge on any atom is -0.493 e. The third-order valence-electron chi connectivity index (χ3n) is 4.64. The van der Waals surface area contributed by atoms with Gasteiger partial charge >= 0.3 is 5.97 Å². The number of benzene rings is 3. The van der Waals surface area contributed by atoms with E-state index in [0.717, 1.165) is 11.1 Å². The minimum atomic E-state index is -0.511. The first-order valence-electron chi connectivity index (χ1n) is 10.1. The summed E-state index contributed by atoms with van der Waals surface area (Å²) in [4.78, 5) is 24.5. The molecule has 0 spiro atoms. The van der Waals surface area contributed by atoms with Crippen LogP contribution in [0.5, 0.6) is 17.2 Å². The van der Waals surface area contributed by atoms with Gasteiger partial charge in [-0.2, -0.15) is 5.10 Å². The Labute approximate surface area is 210 Å². The predicted octanol–water partition coefficient (Wildman–Crippen LogP) is 5.48. The Morgan fingerprint density at radius 3 is 2.50 bits per heavy atom. The molecule has 0 aromatic heterocycles. The van der Waals surface area contributed by atoms with Crippen LogP contribution >= 0.6 is 27.5 Å². The lowest BCUT2D eigenvalue weighted by molar-refractivity contribution is -0.123. The topological polar surface area (TPSA) is 86.2 Å². The maximum Gasteiger partial charge on any atom is 0.343 e. The first-order valence-corrected chi connectivity index (χ1v) is 11.3. The third-order valence-corrected chi connectivity index (χ3v) is 5.65. The Bertz CT molecular complexity index is 1230. The molecule has 3 rings (SSSR count). The molecule has 0 atom stereocenters. The van der Waals surface area contributed by atoms with E-state index in [1.165, 1.54) is 13.3 Å². The molecule has 0 aliphatic rings. The molecule has 0 aliphatic heterocycles. The number of ether oxygens (including phenoxy) is 3. The average molecular weight is 546 g/mol. The second-order valence-corrected chi connectivity index (χ2v) is 8.54. The molecule has 9 heteroatoms. The number of esters is 1. The number of hydrogen-bond acceptors (Lipinski definition) is 6. The van der Waals surface area contributed by atoms with Crippen molar-refractivity contribution in [3.63, 3.8) is 0 Å². The lowest BCUT2D eigenvalue weighted by Gasteiger charge is -2.12. The van der Waals surface area contributed by atoms with Crippen LogP contribution in [-0.4, -0.2) is 31.8 Å². The van der Waals surface area contributed by atoms with Gasteiger partial charge in [-0.05, 0) is 83.4 Å². The fraction of sp³-hybridized carbons (Fsp3) is 0.160. The average Bonchev–Trinajstić information content (AvgIpc) is 2.81. The molecule has 0 saturated carbocycles. The molecule has 1 N–H and O–H groups in total. The quantitative estimate of drug-likeness (QED) is 0.175. The number of nitrogens with one attached hydrogen (secondary N) is 1. The van der Waals surface area contributed by atoms with E-state index in [4.69, 9.17) is 25.8 Å². The molecule has 3 aromatic carbocycles. The van der Waals surface area contributed by atoms with Crippen molar-refractivity contribution in [2.24, 2.45) is 5.10 Å². The summed E-state index contributed by atoms with van der Waals surface area (Å²) in [6.07, 6.45) is 1.43. The highest BCUT2D eigenvalue weighted by Gasteiger charge is 2.17. The van der Waals surface area contributed by atoms with Gasteiger partial charge in [-0.3, -0.25) is 4.79 Å². The molecule has 0 heterocycles. The van der Waals surface area contributed by atoms with Crippen LogP contribution in [0.15, 0.2) is 64.2 Å². The zero-order valence-electron chi connectivity index (χ0n) is 18.7. The van der Waals surface area contributed by atoms with E-state index in [0.29, 0.717) is 32.1 Å². The van der Waals surface area contributed by atoms with Crippen LogP contribution in [-0.2, 0) is 4.79 Å². The van der Waals surface area contributed by atoms with Gasteiger partial charge in [-0.1, -0.05) is 29.3 Å². The largest absolute Gasteiger partial charge is 0.493 e. The van der Waals surface area contributed by atoms with Crippen molar-refractivity contribution < 1.29 is 23.8 Å². The van der Waals surface area contributed by atoms with Crippen LogP contribution < -0.4 is 19.6 Å². The molecule has 0 saturated heterocycles. The van der Waals surface area contributed by atoms with Gasteiger partial charge in [0.15, 0.2) is 18.1 Å². The maximum absolute atomic E-state index is 12.5. The summed E-state index contributed by atoms with van der Waals surface area (Å²) in [7, 11) is 1.46. The SMILES string of the molecule is COc1cc(/C=N/NC(=O)COc2ccc(Cl)c(C)c2)cc(Br)c1OC(=O)c1ccc(C)cc1. The van der Waals surface area contributed by atoms with Crippen molar-refractivity contribution in [3.8, 4) is 17.2 Å². The van der Waals surface area contributed by atoms with Gasteiger partial charge < -0.3 is 14.2 Å². The van der Waals surface area contributed by atoms with Crippen LogP contribution in [0.1, 0.15) is 27.0 Å². The van der Waals surface area contributed by atoms with Crippen LogP contribution in [0, 0.1) is 13.8 Å². The molecule has 7 nitrogen and oxygen atoms in total. The number of hydrogen-bond donors (Lipinski definition) is 1. The minimum absolute atomic E-state index is 0.209. The summed E-state index contributed by atoms with van der Waals surface area (Å²) in [5.74, 6) is 0.150. The van der Waals surface area contributed by atoms with Crippen molar-refractivity contribution >= 4 is 45.6 Å². The normalized spacial score (nSPS) is 10.7. The lowest BCUT2D eigenvalue weighted by atomic mass is 10.1. The molecule has 34 heavy (non-hydrogen) atoms. The van der Waals surface area contributed by atoms with E-state index >= 15 is 0 Å². The zero-order chi connectivity index (χ0) is 24.7. The molecule has 0 bridgehead atoms. The fourth-order valence-corrected chi connectivity index (χ4v) is 3.48. The van der Waals surface area contributed by atoms with Crippen molar-refractivity contribution in [1.29, 1.82) is 0 Å². The molecule has 3 aromatic rings. The molecule has 0 radical (unpaired) electrons. The molecule has 0 aliphatic carbocycles. The summed E-state index contributed by atoms with van der Waals surface area (Å²) in [6.45, 7) is 3.57. The van der Waals surface area contributed by atoms with E-state index < -0.39 is 11.9 Å². The van der Waals surface area contributed by atoms with Gasteiger partial charge in [0, 0.05) is 5.02 Å². The number of amides is 1. The number of nitrogens with zero attached hydrogens (tertiary/aromatic N) is 1. The van der Waals surface area contributed by atoms with Gasteiger partial charge in [0.2, 0.25) is 0 Å². The second-order valence-electron chi connectivity index (χ2n) is 7.28. The van der Waals surface area contributed by atoms with Crippen molar-refractivity contribution in [2.45, 2.75) is 13.8 Å². The van der Waals surface area contributed by atoms with Gasteiger partial charge in [0.05, 0.1) is 23.4 Å². The Morgan fingerprint density at radius 1 is 1.09 bits per heavy atom. The number of halogens is 2. The van der Waals surface area contributed by atoms with Crippen molar-refractivity contribution in [2.75, 3.05) is 13.7 Å². The monoisotopic (exact) mass is 544 g/mol. The van der Waals surface area contributed by atoms with E-state index in [-0.39, 0.29) is 12.4 Å². The highest BCUT2D eigenvalue weighted by atomic mass is 79.9. The van der Waals surface area contributed by atoms with E-state index in [2.05, 4.69) is 26.5 Å². The second kappa shape index (κ2) is 11.7. The number of carbonyl (C=O) groups is 2. The number of methoxy groups -OCH3 is 1. The molecule has 0 fully saturated rings. The number of carbonyl (C=O) groups excluding carboxylic acids is 2. The fourth-order valence-electron chi connectivity index (χ4n) is 2.82. The third kappa shape index (κ3) is 6.82. The van der Waals surface area contributed by atoms with Crippen LogP contribution in [0.3, 0.4) is 0 Å². The maximum atomic E-state index is 12.5. The van der Waals surface area contributed by atoms with Gasteiger partial charge in [-0.25, -0.2) is 10.2 Å². The van der Waals surface area contributed by atoms with Gasteiger partial charge in [-0.15, -0.1) is 0 Å². The van der Waals surface area contributed by atoms with E-state index in [1.807, 2.05) is 26.0 Å². The van der Waals surface area contributed by atoms with Gasteiger partial charge in [0.25, 0.3) is 5.91 Å². The van der Waals surface area contributed by atoms with Gasteiger partial charge in [0.1, 0.15) is 5.75 Å².